The molecule has 9 nitrogen and oxygen atoms in total. The summed E-state index contributed by atoms with van der Waals surface area (Å²) in [5.74, 6) is 1.51. The van der Waals surface area contributed by atoms with E-state index in [1.807, 2.05) is 30.3 Å². The van der Waals surface area contributed by atoms with E-state index < -0.39 is 0 Å². The van der Waals surface area contributed by atoms with Gasteiger partial charge in [0.1, 0.15) is 5.75 Å². The van der Waals surface area contributed by atoms with Gasteiger partial charge in [0.15, 0.2) is 5.16 Å². The number of thioether (sulfide) groups is 1. The molecule has 0 aliphatic heterocycles. The third-order valence-corrected chi connectivity index (χ3v) is 5.51. The SMILES string of the molecule is COc1ccc(Cl)cc1NC(=O)CSc1nnc(-c2nc(-c3ccccc3)no2)n1C. The van der Waals surface area contributed by atoms with E-state index in [0.29, 0.717) is 33.3 Å². The van der Waals surface area contributed by atoms with Crippen LogP contribution in [0.15, 0.2) is 58.2 Å². The number of ether oxygens (including phenoxy) is 1. The van der Waals surface area contributed by atoms with E-state index >= 15 is 0 Å². The number of carbonyl (C=O) groups excluding carboxylic acids is 1. The Kier molecular flexibility index (Phi) is 6.19. The van der Waals surface area contributed by atoms with E-state index in [1.165, 1.54) is 18.9 Å². The number of nitrogens with one attached hydrogen (secondary N) is 1. The van der Waals surface area contributed by atoms with Crippen LogP contribution in [-0.4, -0.2) is 43.7 Å². The Hall–Kier alpha value is -3.37. The fourth-order valence-electron chi connectivity index (χ4n) is 2.74. The van der Waals surface area contributed by atoms with Crippen LogP contribution < -0.4 is 10.1 Å². The van der Waals surface area contributed by atoms with Crippen molar-refractivity contribution < 1.29 is 14.1 Å². The molecule has 0 saturated carbocycles. The van der Waals surface area contributed by atoms with E-state index in [-0.39, 0.29) is 17.6 Å². The first kappa shape index (κ1) is 20.9. The highest BCUT2D eigenvalue weighted by atomic mass is 35.5. The van der Waals surface area contributed by atoms with Crippen LogP contribution in [0.5, 0.6) is 5.75 Å². The highest BCUT2D eigenvalue weighted by molar-refractivity contribution is 7.99. The minimum absolute atomic E-state index is 0.112. The van der Waals surface area contributed by atoms with Crippen LogP contribution >= 0.6 is 23.4 Å². The van der Waals surface area contributed by atoms with Gasteiger partial charge in [-0.2, -0.15) is 4.98 Å². The van der Waals surface area contributed by atoms with Gasteiger partial charge in [0, 0.05) is 17.6 Å². The molecule has 11 heteroatoms. The summed E-state index contributed by atoms with van der Waals surface area (Å²) in [5.41, 5.74) is 1.33. The molecule has 4 aromatic rings. The van der Waals surface area contributed by atoms with Crippen molar-refractivity contribution in [3.05, 3.63) is 53.6 Å². The summed E-state index contributed by atoms with van der Waals surface area (Å²) >= 11 is 7.22. The Morgan fingerprint density at radius 3 is 2.81 bits per heavy atom. The number of benzene rings is 2. The minimum Gasteiger partial charge on any atom is -0.495 e. The van der Waals surface area contributed by atoms with Gasteiger partial charge in [-0.05, 0) is 18.2 Å². The van der Waals surface area contributed by atoms with E-state index in [4.69, 9.17) is 20.9 Å². The Balaban J connectivity index is 1.43. The molecule has 31 heavy (non-hydrogen) atoms. The Labute approximate surface area is 186 Å². The van der Waals surface area contributed by atoms with Crippen molar-refractivity contribution in [1.29, 1.82) is 0 Å². The molecular weight excluding hydrogens is 440 g/mol. The molecule has 1 N–H and O–H groups in total. The molecule has 4 rings (SSSR count). The lowest BCUT2D eigenvalue weighted by Crippen LogP contribution is -2.15. The van der Waals surface area contributed by atoms with Crippen LogP contribution in [0.1, 0.15) is 0 Å². The third-order valence-electron chi connectivity index (χ3n) is 4.25. The van der Waals surface area contributed by atoms with Gasteiger partial charge in [-0.1, -0.05) is 58.9 Å². The first-order chi connectivity index (χ1) is 15.0. The monoisotopic (exact) mass is 456 g/mol. The topological polar surface area (TPSA) is 108 Å². The second-order valence-corrected chi connectivity index (χ2v) is 7.71. The zero-order chi connectivity index (χ0) is 21.8. The fourth-order valence-corrected chi connectivity index (χ4v) is 3.62. The standard InChI is InChI=1S/C20H17ClN6O3S/c1-27-18(19-23-17(26-30-19)12-6-4-3-5-7-12)24-25-20(27)31-11-16(28)22-14-10-13(21)8-9-15(14)29-2/h3-10H,11H2,1-2H3,(H,22,28). The summed E-state index contributed by atoms with van der Waals surface area (Å²) < 4.78 is 12.3. The zero-order valence-corrected chi connectivity index (χ0v) is 18.1. The summed E-state index contributed by atoms with van der Waals surface area (Å²) in [6.45, 7) is 0. The molecule has 0 radical (unpaired) electrons. The van der Waals surface area contributed by atoms with Gasteiger partial charge in [-0.25, -0.2) is 0 Å². The number of hydrogen-bond acceptors (Lipinski definition) is 8. The highest BCUT2D eigenvalue weighted by Crippen LogP contribution is 2.28. The average molecular weight is 457 g/mol. The summed E-state index contributed by atoms with van der Waals surface area (Å²) in [4.78, 5) is 16.8. The van der Waals surface area contributed by atoms with Crippen LogP contribution in [0.25, 0.3) is 23.1 Å². The molecule has 2 heterocycles. The Morgan fingerprint density at radius 1 is 1.23 bits per heavy atom. The number of amides is 1. The van der Waals surface area contributed by atoms with Gasteiger partial charge in [0.2, 0.25) is 17.6 Å². The van der Waals surface area contributed by atoms with Crippen molar-refractivity contribution in [1.82, 2.24) is 24.9 Å². The van der Waals surface area contributed by atoms with Crippen molar-refractivity contribution >= 4 is 35.0 Å². The molecule has 0 aliphatic carbocycles. The number of rotatable bonds is 7. The fraction of sp³-hybridized carbons (Fsp3) is 0.150. The Bertz CT molecular complexity index is 1210. The minimum atomic E-state index is -0.237. The molecule has 0 atom stereocenters. The third kappa shape index (κ3) is 4.70. The summed E-state index contributed by atoms with van der Waals surface area (Å²) in [6, 6.07) is 14.5. The van der Waals surface area contributed by atoms with Crippen molar-refractivity contribution in [3.8, 4) is 28.9 Å². The summed E-state index contributed by atoms with van der Waals surface area (Å²) in [5, 5.41) is 16.1. The number of aromatic nitrogens is 5. The van der Waals surface area contributed by atoms with E-state index in [1.54, 1.807) is 29.8 Å². The molecule has 0 spiro atoms. The van der Waals surface area contributed by atoms with E-state index in [0.717, 1.165) is 5.56 Å². The summed E-state index contributed by atoms with van der Waals surface area (Å²) in [6.07, 6.45) is 0. The maximum Gasteiger partial charge on any atom is 0.296 e. The lowest BCUT2D eigenvalue weighted by molar-refractivity contribution is -0.113. The number of halogens is 1. The van der Waals surface area contributed by atoms with Crippen LogP contribution in [0.4, 0.5) is 5.69 Å². The second-order valence-electron chi connectivity index (χ2n) is 6.34. The largest absolute Gasteiger partial charge is 0.495 e. The van der Waals surface area contributed by atoms with Crippen LogP contribution in [0.3, 0.4) is 0 Å². The number of anilines is 1. The average Bonchev–Trinajstić information content (AvgIpc) is 3.40. The van der Waals surface area contributed by atoms with E-state index in [2.05, 4.69) is 25.7 Å². The van der Waals surface area contributed by atoms with Crippen molar-refractivity contribution in [2.45, 2.75) is 5.16 Å². The molecule has 0 bridgehead atoms. The van der Waals surface area contributed by atoms with Gasteiger partial charge in [-0.3, -0.25) is 4.79 Å². The maximum absolute atomic E-state index is 12.4. The number of methoxy groups -OCH3 is 1. The van der Waals surface area contributed by atoms with Crippen molar-refractivity contribution in [2.75, 3.05) is 18.2 Å². The molecule has 158 valence electrons. The molecule has 0 saturated heterocycles. The lowest BCUT2D eigenvalue weighted by Gasteiger charge is -2.10. The smallest absolute Gasteiger partial charge is 0.296 e. The zero-order valence-electron chi connectivity index (χ0n) is 16.6. The molecule has 0 aliphatic rings. The number of carbonyl (C=O) groups is 1. The normalized spacial score (nSPS) is 10.8. The lowest BCUT2D eigenvalue weighted by atomic mass is 10.2. The quantitative estimate of drug-likeness (QED) is 0.417. The van der Waals surface area contributed by atoms with Crippen LogP contribution in [0, 0.1) is 0 Å². The molecule has 0 unspecified atom stereocenters. The molecule has 1 amide bonds. The van der Waals surface area contributed by atoms with Gasteiger partial charge in [-0.15, -0.1) is 10.2 Å². The van der Waals surface area contributed by atoms with Crippen LogP contribution in [0.2, 0.25) is 5.02 Å². The number of nitrogens with zero attached hydrogens (tertiary/aromatic N) is 5. The van der Waals surface area contributed by atoms with E-state index in [9.17, 15) is 4.79 Å². The molecular formula is C20H17ClN6O3S. The summed E-state index contributed by atoms with van der Waals surface area (Å²) in [7, 11) is 3.29. The highest BCUT2D eigenvalue weighted by Gasteiger charge is 2.19. The van der Waals surface area contributed by atoms with Crippen molar-refractivity contribution in [3.63, 3.8) is 0 Å². The van der Waals surface area contributed by atoms with Gasteiger partial charge >= 0.3 is 0 Å². The van der Waals surface area contributed by atoms with Gasteiger partial charge in [0.05, 0.1) is 18.6 Å². The number of hydrogen-bond donors (Lipinski definition) is 1. The molecule has 0 fully saturated rings. The first-order valence-corrected chi connectivity index (χ1v) is 10.5. The van der Waals surface area contributed by atoms with Gasteiger partial charge in [0.25, 0.3) is 5.89 Å². The Morgan fingerprint density at radius 2 is 2.03 bits per heavy atom. The maximum atomic E-state index is 12.4. The van der Waals surface area contributed by atoms with Gasteiger partial charge < -0.3 is 19.1 Å². The van der Waals surface area contributed by atoms with Crippen LogP contribution in [-0.2, 0) is 11.8 Å². The molecule has 2 aromatic carbocycles. The molecule has 2 aromatic heterocycles. The predicted octanol–water partition coefficient (Wildman–Crippen LogP) is 3.92. The first-order valence-electron chi connectivity index (χ1n) is 9.10. The second kappa shape index (κ2) is 9.19. The predicted molar refractivity (Wildman–Crippen MR) is 117 cm³/mol. The van der Waals surface area contributed by atoms with Crippen molar-refractivity contribution in [2.24, 2.45) is 7.05 Å².